The van der Waals surface area contributed by atoms with Crippen LogP contribution in [-0.2, 0) is 6.42 Å². The van der Waals surface area contributed by atoms with Crippen LogP contribution in [0.25, 0.3) is 144 Å². The Labute approximate surface area is 437 Å². The zero-order chi connectivity index (χ0) is 49.8. The lowest BCUT2D eigenvalue weighted by Crippen LogP contribution is -2.01. The molecule has 16 rings (SSSR count). The average Bonchev–Trinajstić information content (AvgIpc) is 4.45. The van der Waals surface area contributed by atoms with Gasteiger partial charge in [0.25, 0.3) is 0 Å². The molecule has 0 fully saturated rings. The van der Waals surface area contributed by atoms with Gasteiger partial charge >= 0.3 is 0 Å². The molecule has 0 N–H and O–H groups in total. The molecular formula is C70H43N5O. The minimum Gasteiger partial charge on any atom is -0.454 e. The van der Waals surface area contributed by atoms with E-state index in [9.17, 15) is 0 Å². The van der Waals surface area contributed by atoms with Gasteiger partial charge < -0.3 is 13.6 Å². The molecular weight excluding hydrogens is 927 g/mol. The highest BCUT2D eigenvalue weighted by molar-refractivity contribution is 6.22. The number of benzene rings is 11. The van der Waals surface area contributed by atoms with Crippen LogP contribution in [0.15, 0.2) is 253 Å². The Hall–Kier alpha value is -10.2. The number of hydrogen-bond donors (Lipinski definition) is 0. The van der Waals surface area contributed by atoms with E-state index in [0.717, 1.165) is 89.4 Å². The van der Waals surface area contributed by atoms with Crippen molar-refractivity contribution in [3.05, 3.63) is 260 Å². The van der Waals surface area contributed by atoms with Crippen molar-refractivity contribution in [2.45, 2.75) is 6.42 Å². The highest BCUT2D eigenvalue weighted by atomic mass is 16.3. The lowest BCUT2D eigenvalue weighted by Gasteiger charge is -2.15. The minimum atomic E-state index is 0.596. The van der Waals surface area contributed by atoms with Crippen LogP contribution in [0.5, 0.6) is 0 Å². The van der Waals surface area contributed by atoms with Gasteiger partial charge in [0, 0.05) is 66.8 Å². The van der Waals surface area contributed by atoms with Gasteiger partial charge in [0.2, 0.25) is 0 Å². The number of rotatable bonds is 7. The Morgan fingerprint density at radius 1 is 0.316 bits per heavy atom. The molecule has 11 aromatic carbocycles. The molecule has 0 saturated carbocycles. The molecule has 6 heteroatoms. The molecule has 0 saturated heterocycles. The summed E-state index contributed by atoms with van der Waals surface area (Å²) in [4.78, 5) is 15.8. The first-order chi connectivity index (χ1) is 37.7. The van der Waals surface area contributed by atoms with Gasteiger partial charge in [-0.3, -0.25) is 0 Å². The topological polar surface area (TPSA) is 61.7 Å². The third kappa shape index (κ3) is 6.50. The number of aromatic nitrogens is 5. The number of furan rings is 1. The van der Waals surface area contributed by atoms with Gasteiger partial charge in [-0.25, -0.2) is 15.0 Å². The summed E-state index contributed by atoms with van der Waals surface area (Å²) >= 11 is 0. The fraction of sp³-hybridized carbons (Fsp3) is 0.0143. The highest BCUT2D eigenvalue weighted by Gasteiger charge is 2.27. The molecule has 1 aliphatic carbocycles. The zero-order valence-corrected chi connectivity index (χ0v) is 41.0. The molecule has 0 unspecified atom stereocenters. The molecule has 15 aromatic rings. The van der Waals surface area contributed by atoms with Crippen LogP contribution in [0.1, 0.15) is 11.1 Å². The van der Waals surface area contributed by atoms with E-state index >= 15 is 0 Å². The SMILES string of the molecule is c1ccc(-c2nc(-c3ccccc3)nc(-c3cc(-c4ccc5c(c4)-c4ccc6c7ccccc7n(-c7ccccc7)c6c4C5)ccc3-c3ccc4oc5c(ccc6c7ccccc7n(-c7ccccc7)c65)c4c3)n2)cc1. The maximum absolute atomic E-state index is 6.94. The average molecular weight is 970 g/mol. The number of hydrogen-bond acceptors (Lipinski definition) is 4. The smallest absolute Gasteiger partial charge is 0.164 e. The third-order valence-corrected chi connectivity index (χ3v) is 15.6. The van der Waals surface area contributed by atoms with Gasteiger partial charge in [-0.05, 0) is 111 Å². The summed E-state index contributed by atoms with van der Waals surface area (Å²) in [5.41, 5.74) is 20.8. The van der Waals surface area contributed by atoms with Crippen LogP contribution >= 0.6 is 0 Å². The Morgan fingerprint density at radius 3 is 1.47 bits per heavy atom. The predicted octanol–water partition coefficient (Wildman–Crippen LogP) is 17.9. The van der Waals surface area contributed by atoms with Crippen molar-refractivity contribution < 1.29 is 4.42 Å². The van der Waals surface area contributed by atoms with Gasteiger partial charge in [-0.1, -0.05) is 182 Å². The van der Waals surface area contributed by atoms with Crippen molar-refractivity contribution in [1.82, 2.24) is 24.1 Å². The van der Waals surface area contributed by atoms with Gasteiger partial charge in [-0.2, -0.15) is 0 Å². The van der Waals surface area contributed by atoms with Gasteiger partial charge in [0.15, 0.2) is 23.1 Å². The summed E-state index contributed by atoms with van der Waals surface area (Å²) in [7, 11) is 0. The molecule has 0 spiro atoms. The van der Waals surface area contributed by atoms with Crippen LogP contribution in [0.2, 0.25) is 0 Å². The molecule has 0 aliphatic heterocycles. The molecule has 0 amide bonds. The Balaban J connectivity index is 0.896. The first-order valence-corrected chi connectivity index (χ1v) is 25.9. The Kier molecular flexibility index (Phi) is 9.30. The molecule has 6 nitrogen and oxygen atoms in total. The van der Waals surface area contributed by atoms with Crippen molar-refractivity contribution in [3.63, 3.8) is 0 Å². The highest BCUT2D eigenvalue weighted by Crippen LogP contribution is 2.47. The molecule has 1 aliphatic rings. The second-order valence-corrected chi connectivity index (χ2v) is 19.9. The van der Waals surface area contributed by atoms with Gasteiger partial charge in [0.05, 0.1) is 22.1 Å². The van der Waals surface area contributed by atoms with Crippen molar-refractivity contribution in [2.24, 2.45) is 0 Å². The summed E-state index contributed by atoms with van der Waals surface area (Å²) in [5, 5.41) is 6.98. The largest absolute Gasteiger partial charge is 0.454 e. The maximum Gasteiger partial charge on any atom is 0.164 e. The van der Waals surface area contributed by atoms with Crippen molar-refractivity contribution in [3.8, 4) is 78.9 Å². The zero-order valence-electron chi connectivity index (χ0n) is 41.0. The summed E-state index contributed by atoms with van der Waals surface area (Å²) in [5.74, 6) is 1.82. The first-order valence-electron chi connectivity index (χ1n) is 25.9. The molecule has 0 radical (unpaired) electrons. The predicted molar refractivity (Wildman–Crippen MR) is 311 cm³/mol. The van der Waals surface area contributed by atoms with Gasteiger partial charge in [0.1, 0.15) is 5.58 Å². The van der Waals surface area contributed by atoms with E-state index in [-0.39, 0.29) is 0 Å². The van der Waals surface area contributed by atoms with Crippen LogP contribution in [-0.4, -0.2) is 24.1 Å². The van der Waals surface area contributed by atoms with E-state index in [1.807, 2.05) is 36.4 Å². The maximum atomic E-state index is 6.94. The molecule has 4 heterocycles. The van der Waals surface area contributed by atoms with E-state index in [1.54, 1.807) is 0 Å². The second kappa shape index (κ2) is 16.7. The van der Waals surface area contributed by atoms with Crippen molar-refractivity contribution in [2.75, 3.05) is 0 Å². The molecule has 4 aromatic heterocycles. The van der Waals surface area contributed by atoms with E-state index < -0.39 is 0 Å². The first kappa shape index (κ1) is 42.3. The molecule has 0 bridgehead atoms. The second-order valence-electron chi connectivity index (χ2n) is 19.9. The Bertz CT molecular complexity index is 4760. The summed E-state index contributed by atoms with van der Waals surface area (Å²) < 4.78 is 11.7. The fourth-order valence-corrected chi connectivity index (χ4v) is 12.1. The Morgan fingerprint density at radius 2 is 0.816 bits per heavy atom. The van der Waals surface area contributed by atoms with Crippen molar-refractivity contribution in [1.29, 1.82) is 0 Å². The van der Waals surface area contributed by atoms with E-state index in [1.165, 1.54) is 55.1 Å². The number of nitrogens with zero attached hydrogens (tertiary/aromatic N) is 5. The third-order valence-electron chi connectivity index (χ3n) is 15.6. The molecule has 76 heavy (non-hydrogen) atoms. The number of para-hydroxylation sites is 4. The quantitative estimate of drug-likeness (QED) is 0.160. The van der Waals surface area contributed by atoms with E-state index in [0.29, 0.717) is 17.5 Å². The molecule has 354 valence electrons. The summed E-state index contributed by atoms with van der Waals surface area (Å²) in [6.45, 7) is 0. The lowest BCUT2D eigenvalue weighted by atomic mass is 9.92. The van der Waals surface area contributed by atoms with Crippen LogP contribution in [0, 0.1) is 0 Å². The van der Waals surface area contributed by atoms with Crippen LogP contribution in [0.3, 0.4) is 0 Å². The molecule has 0 atom stereocenters. The minimum absolute atomic E-state index is 0.596. The standard InChI is InChI=1S/C70H43N5O/c1-5-17-43(18-6-1)68-71-69(44-19-7-2-8-20-44)73-70(72-68)61-40-46(45-29-30-48-42-60-52(58(48)39-45)34-35-55-53-25-13-15-27-62(53)74(65(55)60)49-21-9-3-10-22-49)31-33-51(61)47-32-38-64-59(41-47)57-37-36-56-54-26-14-16-28-63(54)75(66(56)67(57)76-64)50-23-11-4-12-24-50/h1-41H,42H2. The fourth-order valence-electron chi connectivity index (χ4n) is 12.1. The lowest BCUT2D eigenvalue weighted by molar-refractivity contribution is 0.671. The van der Waals surface area contributed by atoms with E-state index in [4.69, 9.17) is 19.4 Å². The summed E-state index contributed by atoms with van der Waals surface area (Å²) in [6, 6.07) is 88.7. The van der Waals surface area contributed by atoms with Crippen molar-refractivity contribution >= 4 is 65.6 Å². The number of fused-ring (bicyclic) bond motifs is 14. The van der Waals surface area contributed by atoms with Crippen LogP contribution < -0.4 is 0 Å². The van der Waals surface area contributed by atoms with Gasteiger partial charge in [-0.15, -0.1) is 0 Å². The monoisotopic (exact) mass is 969 g/mol. The normalized spacial score (nSPS) is 12.2. The van der Waals surface area contributed by atoms with Crippen LogP contribution in [0.4, 0.5) is 0 Å². The summed E-state index contributed by atoms with van der Waals surface area (Å²) in [6.07, 6.45) is 0.857. The van der Waals surface area contributed by atoms with E-state index in [2.05, 4.69) is 221 Å².